The molecule has 3 N–H and O–H groups in total. The van der Waals surface area contributed by atoms with Gasteiger partial charge in [0.1, 0.15) is 17.7 Å². The maximum atomic E-state index is 13.7. The molecule has 0 spiro atoms. The number of nitrogens with one attached hydrogen (secondary N) is 3. The molecule has 0 aromatic carbocycles. The van der Waals surface area contributed by atoms with Crippen molar-refractivity contribution in [2.75, 3.05) is 19.6 Å². The van der Waals surface area contributed by atoms with Crippen molar-refractivity contribution in [2.45, 2.75) is 85.2 Å². The minimum absolute atomic E-state index is 0.0644. The number of hydrogen-bond donors (Lipinski definition) is 3. The fraction of sp³-hybridized carbons (Fsp3) is 0.808. The number of fused-ring (bicyclic) bond motifs is 1. The fourth-order valence-corrected chi connectivity index (χ4v) is 5.67. The van der Waals surface area contributed by atoms with E-state index in [1.807, 2.05) is 13.8 Å². The maximum absolute atomic E-state index is 13.7. The maximum Gasteiger partial charge on any atom is 0.471 e. The molecule has 226 valence electrons. The predicted octanol–water partition coefficient (Wildman–Crippen LogP) is 1.97. The zero-order chi connectivity index (χ0) is 30.4. The molecular weight excluding hydrogens is 535 g/mol. The summed E-state index contributed by atoms with van der Waals surface area (Å²) in [5.41, 5.74) is 1.30. The smallest absolute Gasteiger partial charge is 0.442 e. The summed E-state index contributed by atoms with van der Waals surface area (Å²) >= 11 is 0. The summed E-state index contributed by atoms with van der Waals surface area (Å²) in [5.74, 6) is -5.26. The van der Waals surface area contributed by atoms with Crippen LogP contribution >= 0.6 is 0 Å². The van der Waals surface area contributed by atoms with E-state index >= 15 is 0 Å². The summed E-state index contributed by atoms with van der Waals surface area (Å²) < 4.78 is 44.5. The molecule has 0 bridgehead atoms. The molecule has 14 heteroatoms. The standard InChI is InChI=1S/C26H40F3N5O6/c1-13(2)10-16(31-22(38)26(27,28)29)21(37)33-12-15-17(25(15,6)7)18(33)20(36)32-34(23(39)40-24(3,4)5)11-14-8-9-30-19(14)35/h13-18H,8-12H2,1-7H3,(H,30,35)(H,31,38)(H,32,36)/t14-,15-,16-,17-,18-/m0/s1. The molecule has 40 heavy (non-hydrogen) atoms. The van der Waals surface area contributed by atoms with Crippen LogP contribution in [0, 0.1) is 29.1 Å². The van der Waals surface area contributed by atoms with Crippen molar-refractivity contribution in [3.8, 4) is 0 Å². The van der Waals surface area contributed by atoms with Gasteiger partial charge >= 0.3 is 18.2 Å². The highest BCUT2D eigenvalue weighted by atomic mass is 19.4. The number of likely N-dealkylation sites (tertiary alicyclic amines) is 1. The van der Waals surface area contributed by atoms with Gasteiger partial charge in [-0.3, -0.25) is 24.6 Å². The Morgan fingerprint density at radius 1 is 1.18 bits per heavy atom. The molecule has 0 unspecified atom stereocenters. The number of hydrazine groups is 1. The molecule has 0 aromatic heterocycles. The Balaban J connectivity index is 1.86. The van der Waals surface area contributed by atoms with Gasteiger partial charge < -0.3 is 20.3 Å². The second-order valence-electron chi connectivity index (χ2n) is 12.9. The van der Waals surface area contributed by atoms with Crippen molar-refractivity contribution in [3.05, 3.63) is 0 Å². The van der Waals surface area contributed by atoms with E-state index in [0.29, 0.717) is 13.0 Å². The molecule has 3 rings (SSSR count). The molecule has 3 aliphatic rings. The lowest BCUT2D eigenvalue weighted by Crippen LogP contribution is -2.60. The number of carbonyl (C=O) groups excluding carboxylic acids is 5. The monoisotopic (exact) mass is 575 g/mol. The first-order valence-electron chi connectivity index (χ1n) is 13.5. The van der Waals surface area contributed by atoms with E-state index in [1.165, 1.54) is 4.90 Å². The van der Waals surface area contributed by atoms with Crippen LogP contribution in [-0.2, 0) is 23.9 Å². The molecule has 3 fully saturated rings. The summed E-state index contributed by atoms with van der Waals surface area (Å²) in [6.07, 6.45) is -5.69. The minimum Gasteiger partial charge on any atom is -0.442 e. The zero-order valence-corrected chi connectivity index (χ0v) is 24.0. The van der Waals surface area contributed by atoms with Crippen LogP contribution in [0.3, 0.4) is 0 Å². The summed E-state index contributed by atoms with van der Waals surface area (Å²) in [5, 5.41) is 5.39. The highest BCUT2D eigenvalue weighted by Gasteiger charge is 2.69. The van der Waals surface area contributed by atoms with Crippen LogP contribution in [0.25, 0.3) is 0 Å². The molecule has 0 radical (unpaired) electrons. The lowest BCUT2D eigenvalue weighted by molar-refractivity contribution is -0.175. The lowest BCUT2D eigenvalue weighted by Gasteiger charge is -2.35. The highest BCUT2D eigenvalue weighted by molar-refractivity contribution is 5.94. The zero-order valence-electron chi connectivity index (χ0n) is 24.0. The summed E-state index contributed by atoms with van der Waals surface area (Å²) in [6.45, 7) is 12.6. The van der Waals surface area contributed by atoms with Gasteiger partial charge in [-0.1, -0.05) is 27.7 Å². The van der Waals surface area contributed by atoms with Crippen LogP contribution in [-0.4, -0.2) is 83.1 Å². The normalized spacial score (nSPS) is 26.1. The topological polar surface area (TPSA) is 137 Å². The number of halogens is 3. The second-order valence-corrected chi connectivity index (χ2v) is 12.9. The SMILES string of the molecule is CC(C)C[C@H](NC(=O)C(F)(F)F)C(=O)N1C[C@H]2[C@@H]([C@H]1C(=O)NN(C[C@@H]1CCNC1=O)C(=O)OC(C)(C)C)C2(C)C. The highest BCUT2D eigenvalue weighted by Crippen LogP contribution is 2.65. The van der Waals surface area contributed by atoms with Crippen molar-refractivity contribution in [3.63, 3.8) is 0 Å². The van der Waals surface area contributed by atoms with E-state index in [1.54, 1.807) is 39.9 Å². The first kappa shape index (κ1) is 31.5. The molecule has 2 heterocycles. The van der Waals surface area contributed by atoms with Crippen molar-refractivity contribution in [1.29, 1.82) is 0 Å². The van der Waals surface area contributed by atoms with E-state index in [9.17, 15) is 37.1 Å². The number of alkyl halides is 3. The van der Waals surface area contributed by atoms with Gasteiger partial charge in [0, 0.05) is 13.1 Å². The Morgan fingerprint density at radius 2 is 1.80 bits per heavy atom. The quantitative estimate of drug-likeness (QED) is 0.397. The summed E-state index contributed by atoms with van der Waals surface area (Å²) in [6, 6.07) is -2.60. The van der Waals surface area contributed by atoms with Crippen LogP contribution in [0.5, 0.6) is 0 Å². The van der Waals surface area contributed by atoms with Crippen molar-refractivity contribution in [2.24, 2.45) is 29.1 Å². The molecule has 1 saturated carbocycles. The molecule has 11 nitrogen and oxygen atoms in total. The largest absolute Gasteiger partial charge is 0.471 e. The van der Waals surface area contributed by atoms with E-state index in [0.717, 1.165) is 5.01 Å². The van der Waals surface area contributed by atoms with Gasteiger partial charge in [0.15, 0.2) is 0 Å². The summed E-state index contributed by atoms with van der Waals surface area (Å²) in [4.78, 5) is 65.4. The van der Waals surface area contributed by atoms with Crippen LogP contribution in [0.15, 0.2) is 0 Å². The number of rotatable bonds is 7. The van der Waals surface area contributed by atoms with Crippen LogP contribution in [0.2, 0.25) is 0 Å². The van der Waals surface area contributed by atoms with E-state index in [2.05, 4.69) is 10.7 Å². The molecule has 2 saturated heterocycles. The van der Waals surface area contributed by atoms with Gasteiger partial charge in [-0.15, -0.1) is 0 Å². The molecule has 1 aliphatic carbocycles. The van der Waals surface area contributed by atoms with E-state index < -0.39 is 53.6 Å². The van der Waals surface area contributed by atoms with Gasteiger partial charge in [-0.25, -0.2) is 9.80 Å². The van der Waals surface area contributed by atoms with Crippen molar-refractivity contribution >= 4 is 29.7 Å². The average molecular weight is 576 g/mol. The van der Waals surface area contributed by atoms with E-state index in [-0.39, 0.29) is 48.6 Å². The van der Waals surface area contributed by atoms with Gasteiger partial charge in [-0.05, 0) is 56.8 Å². The molecule has 0 aromatic rings. The first-order valence-corrected chi connectivity index (χ1v) is 13.5. The Kier molecular flexibility index (Phi) is 8.71. The minimum atomic E-state index is -5.18. The van der Waals surface area contributed by atoms with Gasteiger partial charge in [0.25, 0.3) is 5.91 Å². The van der Waals surface area contributed by atoms with Gasteiger partial charge in [0.2, 0.25) is 11.8 Å². The van der Waals surface area contributed by atoms with Crippen molar-refractivity contribution < 1.29 is 41.9 Å². The number of piperidine rings is 1. The Labute approximate surface area is 231 Å². The number of ether oxygens (including phenoxy) is 1. The Morgan fingerprint density at radius 3 is 2.30 bits per heavy atom. The van der Waals surface area contributed by atoms with Crippen molar-refractivity contribution in [1.82, 2.24) is 26.0 Å². The predicted molar refractivity (Wildman–Crippen MR) is 136 cm³/mol. The lowest BCUT2D eigenvalue weighted by atomic mass is 9.97. The van der Waals surface area contributed by atoms with Gasteiger partial charge in [-0.2, -0.15) is 13.2 Å². The molecule has 5 atom stereocenters. The molecule has 5 amide bonds. The fourth-order valence-electron chi connectivity index (χ4n) is 5.67. The number of carbonyl (C=O) groups is 5. The third-order valence-corrected chi connectivity index (χ3v) is 7.75. The molecule has 2 aliphatic heterocycles. The summed E-state index contributed by atoms with van der Waals surface area (Å²) in [7, 11) is 0. The molecular formula is C26H40F3N5O6. The third-order valence-electron chi connectivity index (χ3n) is 7.75. The van der Waals surface area contributed by atoms with Gasteiger partial charge in [0.05, 0.1) is 12.5 Å². The van der Waals surface area contributed by atoms with E-state index in [4.69, 9.17) is 4.74 Å². The number of amides is 5. The second kappa shape index (κ2) is 11.1. The Bertz CT molecular complexity index is 1040. The first-order chi connectivity index (χ1) is 18.2. The third kappa shape index (κ3) is 6.98. The average Bonchev–Trinajstić information content (AvgIpc) is 3.15. The van der Waals surface area contributed by atoms with Crippen LogP contribution < -0.4 is 16.1 Å². The van der Waals surface area contributed by atoms with Crippen LogP contribution in [0.1, 0.15) is 61.3 Å². The van der Waals surface area contributed by atoms with Crippen LogP contribution in [0.4, 0.5) is 18.0 Å². The Hall–Kier alpha value is -3.06. The number of nitrogens with zero attached hydrogens (tertiary/aromatic N) is 2. The number of hydrogen-bond acceptors (Lipinski definition) is 6.